The van der Waals surface area contributed by atoms with Gasteiger partial charge in [-0.15, -0.1) is 0 Å². The summed E-state index contributed by atoms with van der Waals surface area (Å²) in [6.07, 6.45) is 1.45. The van der Waals surface area contributed by atoms with E-state index in [0.29, 0.717) is 39.5 Å². The number of ether oxygens (including phenoxy) is 1. The normalized spacial score (nSPS) is 11.3. The van der Waals surface area contributed by atoms with Crippen LogP contribution in [-0.2, 0) is 10.0 Å². The van der Waals surface area contributed by atoms with Crippen LogP contribution in [0, 0.1) is 25.2 Å². The Morgan fingerprint density at radius 2 is 1.81 bits per heavy atom. The number of sulfonamides is 1. The highest BCUT2D eigenvalue weighted by molar-refractivity contribution is 7.92. The Hall–Kier alpha value is -4.95. The minimum Gasteiger partial charge on any atom is -0.437 e. The van der Waals surface area contributed by atoms with Gasteiger partial charge >= 0.3 is 0 Å². The fourth-order valence-corrected chi connectivity index (χ4v) is 5.11. The van der Waals surface area contributed by atoms with Crippen molar-refractivity contribution in [3.05, 3.63) is 94.0 Å². The predicted molar refractivity (Wildman–Crippen MR) is 138 cm³/mol. The van der Waals surface area contributed by atoms with Crippen molar-refractivity contribution in [2.24, 2.45) is 0 Å². The van der Waals surface area contributed by atoms with E-state index in [1.165, 1.54) is 24.4 Å². The summed E-state index contributed by atoms with van der Waals surface area (Å²) < 4.78 is 34.4. The number of aromatic nitrogens is 4. The van der Waals surface area contributed by atoms with E-state index in [1.807, 2.05) is 13.0 Å². The first kappa shape index (κ1) is 23.8. The molecule has 0 saturated heterocycles. The lowest BCUT2D eigenvalue weighted by atomic mass is 10.1. The number of nitrogens with zero attached hydrogens (tertiary/aromatic N) is 3. The number of nitriles is 1. The summed E-state index contributed by atoms with van der Waals surface area (Å²) in [5.41, 5.74) is 3.53. The van der Waals surface area contributed by atoms with E-state index in [4.69, 9.17) is 4.74 Å². The lowest BCUT2D eigenvalue weighted by Gasteiger charge is -2.11. The molecule has 0 spiro atoms. The minimum atomic E-state index is -3.97. The zero-order valence-electron chi connectivity index (χ0n) is 19.7. The van der Waals surface area contributed by atoms with Gasteiger partial charge in [-0.3, -0.25) is 14.6 Å². The molecule has 0 atom stereocenters. The molecule has 2 aromatic carbocycles. The van der Waals surface area contributed by atoms with Crippen LogP contribution in [0.2, 0.25) is 0 Å². The van der Waals surface area contributed by atoms with Crippen molar-refractivity contribution in [2.75, 3.05) is 4.72 Å². The Kier molecular flexibility index (Phi) is 5.95. The van der Waals surface area contributed by atoms with Crippen molar-refractivity contribution < 1.29 is 13.2 Å². The van der Waals surface area contributed by atoms with Gasteiger partial charge in [0.05, 0.1) is 22.2 Å². The standard InChI is InChI=1S/C26H20N6O4S/c1-15-3-4-18(13-27)23(11-15)37(34,35)32-19-7-5-17(6-8-19)21-12-22-25(16(2)30-31-22)26(29-21)36-20-9-10-24(33)28-14-20/h3-12,14,32H,1-2H3,(H,28,33)(H,30,31). The number of benzene rings is 2. The van der Waals surface area contributed by atoms with Crippen molar-refractivity contribution in [1.29, 1.82) is 5.26 Å². The number of H-pyrrole nitrogens is 2. The molecule has 3 heterocycles. The maximum absolute atomic E-state index is 13.0. The Labute approximate surface area is 211 Å². The Balaban J connectivity index is 1.47. The Bertz CT molecular complexity index is 1830. The molecule has 5 aromatic rings. The third kappa shape index (κ3) is 4.78. The Morgan fingerprint density at radius 1 is 1.03 bits per heavy atom. The SMILES string of the molecule is Cc1ccc(C#N)c(S(=O)(=O)Nc2ccc(-c3cc4n[nH]c(C)c4c(Oc4ccc(=O)[nH]c4)n3)cc2)c1. The van der Waals surface area contributed by atoms with Gasteiger partial charge in [-0.05, 0) is 55.8 Å². The van der Waals surface area contributed by atoms with Crippen LogP contribution in [0.15, 0.2) is 76.6 Å². The van der Waals surface area contributed by atoms with Gasteiger partial charge in [0.2, 0.25) is 11.4 Å². The number of aromatic amines is 2. The quantitative estimate of drug-likeness (QED) is 0.305. The van der Waals surface area contributed by atoms with Crippen molar-refractivity contribution in [2.45, 2.75) is 18.7 Å². The number of hydrogen-bond acceptors (Lipinski definition) is 7. The fourth-order valence-electron chi connectivity index (χ4n) is 3.81. The molecule has 0 bridgehead atoms. The monoisotopic (exact) mass is 512 g/mol. The number of aryl methyl sites for hydroxylation is 2. The number of fused-ring (bicyclic) bond motifs is 1. The van der Waals surface area contributed by atoms with Gasteiger partial charge in [0.15, 0.2) is 0 Å². The van der Waals surface area contributed by atoms with Crippen molar-refractivity contribution in [3.8, 4) is 29.0 Å². The van der Waals surface area contributed by atoms with Crippen molar-refractivity contribution in [3.63, 3.8) is 0 Å². The van der Waals surface area contributed by atoms with E-state index in [2.05, 4.69) is 24.9 Å². The molecule has 0 radical (unpaired) electrons. The number of pyridine rings is 2. The van der Waals surface area contributed by atoms with Crippen LogP contribution >= 0.6 is 0 Å². The highest BCUT2D eigenvalue weighted by atomic mass is 32.2. The number of nitrogens with one attached hydrogen (secondary N) is 3. The van der Waals surface area contributed by atoms with Crippen molar-refractivity contribution in [1.82, 2.24) is 20.2 Å². The molecule has 0 amide bonds. The van der Waals surface area contributed by atoms with Crippen LogP contribution in [0.3, 0.4) is 0 Å². The number of rotatable bonds is 6. The summed E-state index contributed by atoms with van der Waals surface area (Å²) in [5.74, 6) is 0.711. The van der Waals surface area contributed by atoms with Crippen LogP contribution in [-0.4, -0.2) is 28.6 Å². The molecular formula is C26H20N6O4S. The van der Waals surface area contributed by atoms with Gasteiger partial charge in [0.1, 0.15) is 16.7 Å². The third-order valence-electron chi connectivity index (χ3n) is 5.63. The van der Waals surface area contributed by atoms with Crippen LogP contribution in [0.1, 0.15) is 16.8 Å². The van der Waals surface area contributed by atoms with E-state index < -0.39 is 10.0 Å². The van der Waals surface area contributed by atoms with E-state index >= 15 is 0 Å². The van der Waals surface area contributed by atoms with E-state index in [1.54, 1.807) is 49.4 Å². The lowest BCUT2D eigenvalue weighted by Crippen LogP contribution is -2.14. The molecule has 3 aromatic heterocycles. The van der Waals surface area contributed by atoms with Crippen LogP contribution in [0.25, 0.3) is 22.2 Å². The maximum Gasteiger partial charge on any atom is 0.263 e. The molecule has 11 heteroatoms. The van der Waals surface area contributed by atoms with Crippen molar-refractivity contribution >= 4 is 26.6 Å². The molecule has 0 aliphatic carbocycles. The van der Waals surface area contributed by atoms with E-state index in [-0.39, 0.29) is 16.0 Å². The molecule has 0 aliphatic heterocycles. The fraction of sp³-hybridized carbons (Fsp3) is 0.0769. The summed E-state index contributed by atoms with van der Waals surface area (Å²) >= 11 is 0. The summed E-state index contributed by atoms with van der Waals surface area (Å²) in [7, 11) is -3.97. The highest BCUT2D eigenvalue weighted by Gasteiger charge is 2.20. The first-order chi connectivity index (χ1) is 17.7. The second kappa shape index (κ2) is 9.25. The lowest BCUT2D eigenvalue weighted by molar-refractivity contribution is 0.467. The molecule has 37 heavy (non-hydrogen) atoms. The average Bonchev–Trinajstić information content (AvgIpc) is 3.26. The van der Waals surface area contributed by atoms with Crippen LogP contribution < -0.4 is 15.0 Å². The summed E-state index contributed by atoms with van der Waals surface area (Å²) in [6, 6.07) is 17.9. The maximum atomic E-state index is 13.0. The first-order valence-electron chi connectivity index (χ1n) is 11.1. The molecule has 3 N–H and O–H groups in total. The zero-order chi connectivity index (χ0) is 26.2. The van der Waals surface area contributed by atoms with Gasteiger partial charge < -0.3 is 9.72 Å². The molecule has 0 aliphatic rings. The summed E-state index contributed by atoms with van der Waals surface area (Å²) in [6.45, 7) is 3.61. The molecule has 184 valence electrons. The number of anilines is 1. The van der Waals surface area contributed by atoms with Crippen LogP contribution in [0.5, 0.6) is 11.6 Å². The largest absolute Gasteiger partial charge is 0.437 e. The second-order valence-corrected chi connectivity index (χ2v) is 9.99. The molecule has 10 nitrogen and oxygen atoms in total. The highest BCUT2D eigenvalue weighted by Crippen LogP contribution is 2.33. The number of hydrogen-bond donors (Lipinski definition) is 3. The second-order valence-electron chi connectivity index (χ2n) is 8.34. The van der Waals surface area contributed by atoms with Crippen LogP contribution in [0.4, 0.5) is 5.69 Å². The zero-order valence-corrected chi connectivity index (χ0v) is 20.6. The topological polar surface area (TPSA) is 154 Å². The van der Waals surface area contributed by atoms with E-state index in [9.17, 15) is 18.5 Å². The molecular weight excluding hydrogens is 492 g/mol. The Morgan fingerprint density at radius 3 is 2.51 bits per heavy atom. The molecule has 5 rings (SSSR count). The molecule has 0 fully saturated rings. The van der Waals surface area contributed by atoms with Gasteiger partial charge in [-0.25, -0.2) is 13.4 Å². The van der Waals surface area contributed by atoms with Gasteiger partial charge in [0, 0.05) is 29.2 Å². The van der Waals surface area contributed by atoms with Gasteiger partial charge in [0.25, 0.3) is 10.0 Å². The predicted octanol–water partition coefficient (Wildman–Crippen LogP) is 4.39. The third-order valence-corrected chi connectivity index (χ3v) is 7.06. The average molecular weight is 513 g/mol. The van der Waals surface area contributed by atoms with Gasteiger partial charge in [-0.1, -0.05) is 18.2 Å². The van der Waals surface area contributed by atoms with E-state index in [0.717, 1.165) is 11.3 Å². The minimum absolute atomic E-state index is 0.0662. The van der Waals surface area contributed by atoms with Gasteiger partial charge in [-0.2, -0.15) is 10.4 Å². The smallest absolute Gasteiger partial charge is 0.263 e. The molecule has 0 unspecified atom stereocenters. The first-order valence-corrected chi connectivity index (χ1v) is 12.6. The summed E-state index contributed by atoms with van der Waals surface area (Å²) in [4.78, 5) is 18.5. The molecule has 0 saturated carbocycles. The summed E-state index contributed by atoms with van der Waals surface area (Å²) in [5, 5.41) is 17.3.